The molecule has 7 nitrogen and oxygen atoms in total. The smallest absolute Gasteiger partial charge is 0.170 e. The van der Waals surface area contributed by atoms with Gasteiger partial charge in [-0.05, 0) is 12.8 Å². The van der Waals surface area contributed by atoms with Gasteiger partial charge in [-0.1, -0.05) is 12.8 Å². The quantitative estimate of drug-likeness (QED) is 0.774. The Morgan fingerprint density at radius 3 is 2.96 bits per heavy atom. The summed E-state index contributed by atoms with van der Waals surface area (Å²) in [6.45, 7) is 1.11. The Hall–Kier alpha value is -2.03. The van der Waals surface area contributed by atoms with Gasteiger partial charge in [0.25, 0.3) is 0 Å². The van der Waals surface area contributed by atoms with Crippen LogP contribution in [0.2, 0.25) is 0 Å². The van der Waals surface area contributed by atoms with Crippen molar-refractivity contribution in [3.05, 3.63) is 29.3 Å². The van der Waals surface area contributed by atoms with Gasteiger partial charge < -0.3 is 15.8 Å². The highest BCUT2D eigenvalue weighted by atomic mass is 19.1. The van der Waals surface area contributed by atoms with Crippen molar-refractivity contribution >= 4 is 5.82 Å². The first-order valence-corrected chi connectivity index (χ1v) is 9.14. The summed E-state index contributed by atoms with van der Waals surface area (Å²) in [5.74, 6) is -0.0444. The predicted molar refractivity (Wildman–Crippen MR) is 96.7 cm³/mol. The molecular weight excluding hydrogens is 335 g/mol. The number of fused-ring (bicyclic) bond motifs is 1. The van der Waals surface area contributed by atoms with Gasteiger partial charge in [-0.15, -0.1) is 0 Å². The number of hydrogen-bond acceptors (Lipinski definition) is 6. The molecule has 2 atom stereocenters. The van der Waals surface area contributed by atoms with E-state index in [1.807, 2.05) is 13.2 Å². The monoisotopic (exact) mass is 360 g/mol. The first-order chi connectivity index (χ1) is 12.6. The van der Waals surface area contributed by atoms with Crippen LogP contribution >= 0.6 is 0 Å². The topological polar surface area (TPSA) is 90.0 Å². The average Bonchev–Trinajstić information content (AvgIpc) is 2.91. The summed E-state index contributed by atoms with van der Waals surface area (Å²) >= 11 is 0. The fourth-order valence-electron chi connectivity index (χ4n) is 3.78. The van der Waals surface area contributed by atoms with Crippen LogP contribution in [0.4, 0.5) is 10.2 Å². The molecule has 0 radical (unpaired) electrons. The summed E-state index contributed by atoms with van der Waals surface area (Å²) in [4.78, 5) is 4.64. The number of ether oxygens (including phenoxy) is 1. The van der Waals surface area contributed by atoms with Crippen LogP contribution in [0.3, 0.4) is 0 Å². The van der Waals surface area contributed by atoms with Crippen molar-refractivity contribution in [3.8, 4) is 11.3 Å². The average molecular weight is 360 g/mol. The van der Waals surface area contributed by atoms with Crippen molar-refractivity contribution in [2.75, 3.05) is 12.0 Å². The zero-order chi connectivity index (χ0) is 18.1. The third-order valence-electron chi connectivity index (χ3n) is 5.22. The lowest BCUT2D eigenvalue weighted by Gasteiger charge is -2.30. The highest BCUT2D eigenvalue weighted by molar-refractivity contribution is 5.67. The van der Waals surface area contributed by atoms with Crippen LogP contribution in [0.1, 0.15) is 36.8 Å². The molecule has 2 aromatic rings. The second-order valence-corrected chi connectivity index (χ2v) is 7.10. The van der Waals surface area contributed by atoms with E-state index in [0.717, 1.165) is 36.8 Å². The van der Waals surface area contributed by atoms with Gasteiger partial charge in [-0.2, -0.15) is 5.10 Å². The van der Waals surface area contributed by atoms with E-state index >= 15 is 4.39 Å². The van der Waals surface area contributed by atoms with Crippen LogP contribution in [0.5, 0.6) is 0 Å². The van der Waals surface area contributed by atoms with Crippen LogP contribution in [0.25, 0.3) is 11.3 Å². The molecule has 0 saturated heterocycles. The fraction of sp³-hybridized carbons (Fsp3) is 0.556. The zero-order valence-electron chi connectivity index (χ0n) is 15.0. The van der Waals surface area contributed by atoms with Crippen molar-refractivity contribution in [3.63, 3.8) is 0 Å². The molecule has 0 unspecified atom stereocenters. The second kappa shape index (κ2) is 7.30. The van der Waals surface area contributed by atoms with E-state index in [4.69, 9.17) is 10.5 Å². The van der Waals surface area contributed by atoms with Gasteiger partial charge in [-0.3, -0.25) is 10.00 Å². The number of hydrogen-bond donors (Lipinski definition) is 3. The number of rotatable bonds is 3. The standard InChI is InChI=1S/C18H25FN6O/c1-25-8-11(6-22-25)17-13-9-26-10-21-7-12(13)16(19)18(24-17)23-15-5-3-2-4-14(15)20/h6,8,14-15,21H,2-5,7,9-10,20H2,1H3,(H,23,24)/t14-,15+/m0/s1. The second-order valence-electron chi connectivity index (χ2n) is 7.10. The minimum absolute atomic E-state index is 0.0204. The van der Waals surface area contributed by atoms with Crippen molar-refractivity contribution in [2.45, 2.75) is 50.9 Å². The van der Waals surface area contributed by atoms with Gasteiger partial charge in [0.2, 0.25) is 0 Å². The number of pyridine rings is 1. The van der Waals surface area contributed by atoms with Crippen LogP contribution in [0.15, 0.2) is 12.4 Å². The number of aromatic nitrogens is 3. The third-order valence-corrected chi connectivity index (χ3v) is 5.22. The summed E-state index contributed by atoms with van der Waals surface area (Å²) in [6, 6.07) is 0.0626. The maximum absolute atomic E-state index is 15.2. The Kier molecular flexibility index (Phi) is 4.88. The molecule has 1 aliphatic carbocycles. The van der Waals surface area contributed by atoms with Gasteiger partial charge >= 0.3 is 0 Å². The molecule has 3 heterocycles. The molecule has 1 fully saturated rings. The molecule has 4 N–H and O–H groups in total. The van der Waals surface area contributed by atoms with Crippen LogP contribution in [0, 0.1) is 5.82 Å². The Bertz CT molecular complexity index is 792. The molecular formula is C18H25FN6O. The molecule has 8 heteroatoms. The van der Waals surface area contributed by atoms with Crippen molar-refractivity contribution in [1.29, 1.82) is 0 Å². The molecule has 140 valence electrons. The van der Waals surface area contributed by atoms with Crippen LogP contribution in [-0.4, -0.2) is 33.6 Å². The lowest BCUT2D eigenvalue weighted by molar-refractivity contribution is 0.110. The third kappa shape index (κ3) is 3.32. The summed E-state index contributed by atoms with van der Waals surface area (Å²) in [5.41, 5.74) is 9.18. The Morgan fingerprint density at radius 1 is 1.35 bits per heavy atom. The Morgan fingerprint density at radius 2 is 2.19 bits per heavy atom. The lowest BCUT2D eigenvalue weighted by Crippen LogP contribution is -2.43. The van der Waals surface area contributed by atoms with E-state index in [1.165, 1.54) is 0 Å². The molecule has 1 saturated carbocycles. The molecule has 4 rings (SSSR count). The number of anilines is 1. The highest BCUT2D eigenvalue weighted by Crippen LogP contribution is 2.32. The van der Waals surface area contributed by atoms with Crippen LogP contribution < -0.4 is 16.4 Å². The normalized spacial score (nSPS) is 23.3. The SMILES string of the molecule is Cn1cc(-c2nc(N[C@@H]3CCCC[C@@H]3N)c(F)c3c2COCNC3)cn1. The maximum atomic E-state index is 15.2. The van der Waals surface area contributed by atoms with E-state index in [1.54, 1.807) is 10.9 Å². The van der Waals surface area contributed by atoms with E-state index in [0.29, 0.717) is 31.1 Å². The minimum atomic E-state index is -0.316. The summed E-state index contributed by atoms with van der Waals surface area (Å²) in [6.07, 6.45) is 7.74. The van der Waals surface area contributed by atoms with Gasteiger partial charge in [-0.25, -0.2) is 9.37 Å². The lowest BCUT2D eigenvalue weighted by atomic mass is 9.91. The molecule has 0 aromatic carbocycles. The van der Waals surface area contributed by atoms with E-state index in [-0.39, 0.29) is 23.7 Å². The molecule has 2 aromatic heterocycles. The number of nitrogens with one attached hydrogen (secondary N) is 2. The zero-order valence-corrected chi connectivity index (χ0v) is 15.0. The Balaban J connectivity index is 1.77. The highest BCUT2D eigenvalue weighted by Gasteiger charge is 2.27. The first-order valence-electron chi connectivity index (χ1n) is 9.14. The first kappa shape index (κ1) is 17.4. The number of nitrogens with zero attached hydrogens (tertiary/aromatic N) is 3. The molecule has 0 spiro atoms. The number of halogens is 1. The number of aryl methyl sites for hydroxylation is 1. The van der Waals surface area contributed by atoms with Gasteiger partial charge in [0.1, 0.15) is 0 Å². The van der Waals surface area contributed by atoms with E-state index in [9.17, 15) is 0 Å². The summed E-state index contributed by atoms with van der Waals surface area (Å²) in [5, 5.41) is 10.6. The maximum Gasteiger partial charge on any atom is 0.170 e. The Labute approximate surface area is 152 Å². The molecule has 1 aliphatic heterocycles. The molecule has 0 amide bonds. The molecule has 2 aliphatic rings. The van der Waals surface area contributed by atoms with Crippen molar-refractivity contribution in [1.82, 2.24) is 20.1 Å². The molecule has 26 heavy (non-hydrogen) atoms. The summed E-state index contributed by atoms with van der Waals surface area (Å²) < 4.78 is 22.5. The molecule has 0 bridgehead atoms. The van der Waals surface area contributed by atoms with E-state index < -0.39 is 0 Å². The van der Waals surface area contributed by atoms with Crippen molar-refractivity contribution in [2.24, 2.45) is 12.8 Å². The van der Waals surface area contributed by atoms with Crippen LogP contribution in [-0.2, 0) is 24.9 Å². The number of nitrogens with two attached hydrogens (primary N) is 1. The fourth-order valence-corrected chi connectivity index (χ4v) is 3.78. The predicted octanol–water partition coefficient (Wildman–Crippen LogP) is 1.88. The largest absolute Gasteiger partial charge is 0.363 e. The minimum Gasteiger partial charge on any atom is -0.363 e. The van der Waals surface area contributed by atoms with Gasteiger partial charge in [0.05, 0.1) is 25.2 Å². The van der Waals surface area contributed by atoms with E-state index in [2.05, 4.69) is 20.7 Å². The summed E-state index contributed by atoms with van der Waals surface area (Å²) in [7, 11) is 1.85. The van der Waals surface area contributed by atoms with Gasteiger partial charge in [0.15, 0.2) is 11.6 Å². The van der Waals surface area contributed by atoms with Gasteiger partial charge in [0, 0.05) is 48.6 Å². The van der Waals surface area contributed by atoms with Crippen molar-refractivity contribution < 1.29 is 9.13 Å².